The van der Waals surface area contributed by atoms with E-state index in [1.807, 2.05) is 4.90 Å². The van der Waals surface area contributed by atoms with E-state index in [-0.39, 0.29) is 11.8 Å². The lowest BCUT2D eigenvalue weighted by atomic mass is 9.99. The second-order valence-electron chi connectivity index (χ2n) is 6.50. The maximum Gasteiger partial charge on any atom is 0.240 e. The fraction of sp³-hybridized carbons (Fsp3) is 0.625. The van der Waals surface area contributed by atoms with Crippen LogP contribution < -0.4 is 5.43 Å². The molecular formula is C16H23N5O2. The van der Waals surface area contributed by atoms with Crippen molar-refractivity contribution >= 4 is 17.5 Å². The second-order valence-corrected chi connectivity index (χ2v) is 6.50. The SMILES string of the molecule is CC(C)c1n[nH]c2c1CN(C(=O)CCC1=NNC(=O)CC1)CC2. The first-order valence-corrected chi connectivity index (χ1v) is 8.22. The highest BCUT2D eigenvalue weighted by Crippen LogP contribution is 2.25. The summed E-state index contributed by atoms with van der Waals surface area (Å²) in [6.45, 7) is 5.61. The molecule has 1 aromatic heterocycles. The quantitative estimate of drug-likeness (QED) is 0.881. The van der Waals surface area contributed by atoms with Crippen molar-refractivity contribution in [2.24, 2.45) is 5.10 Å². The van der Waals surface area contributed by atoms with E-state index in [0.29, 0.717) is 38.1 Å². The van der Waals surface area contributed by atoms with Crippen molar-refractivity contribution in [3.05, 3.63) is 17.0 Å². The number of nitrogens with one attached hydrogen (secondary N) is 2. The van der Waals surface area contributed by atoms with Gasteiger partial charge in [0, 0.05) is 49.3 Å². The minimum atomic E-state index is -0.0511. The molecule has 2 N–H and O–H groups in total. The van der Waals surface area contributed by atoms with Gasteiger partial charge in [0.05, 0.1) is 5.69 Å². The first kappa shape index (κ1) is 15.7. The summed E-state index contributed by atoms with van der Waals surface area (Å²) in [6.07, 6.45) is 3.01. The van der Waals surface area contributed by atoms with Gasteiger partial charge in [-0.3, -0.25) is 14.7 Å². The molecule has 124 valence electrons. The van der Waals surface area contributed by atoms with E-state index < -0.39 is 0 Å². The number of nitrogens with zero attached hydrogens (tertiary/aromatic N) is 3. The number of hydrazone groups is 1. The zero-order valence-electron chi connectivity index (χ0n) is 13.7. The molecule has 2 aliphatic heterocycles. The highest BCUT2D eigenvalue weighted by Gasteiger charge is 2.26. The minimum Gasteiger partial charge on any atom is -0.338 e. The minimum absolute atomic E-state index is 0.0511. The Hall–Kier alpha value is -2.18. The molecule has 3 rings (SSSR count). The Kier molecular flexibility index (Phi) is 4.45. The fourth-order valence-electron chi connectivity index (χ4n) is 3.11. The van der Waals surface area contributed by atoms with Crippen LogP contribution in [0.3, 0.4) is 0 Å². The van der Waals surface area contributed by atoms with Gasteiger partial charge >= 0.3 is 0 Å². The molecule has 1 aromatic rings. The van der Waals surface area contributed by atoms with Crippen LogP contribution in [0.5, 0.6) is 0 Å². The van der Waals surface area contributed by atoms with Crippen molar-refractivity contribution in [1.82, 2.24) is 20.5 Å². The third kappa shape index (κ3) is 3.43. The number of rotatable bonds is 4. The van der Waals surface area contributed by atoms with Crippen molar-refractivity contribution in [2.45, 2.75) is 58.4 Å². The van der Waals surface area contributed by atoms with Crippen molar-refractivity contribution < 1.29 is 9.59 Å². The number of fused-ring (bicyclic) bond motifs is 1. The lowest BCUT2D eigenvalue weighted by molar-refractivity contribution is -0.132. The molecule has 0 fully saturated rings. The van der Waals surface area contributed by atoms with Gasteiger partial charge in [0.25, 0.3) is 0 Å². The largest absolute Gasteiger partial charge is 0.338 e. The van der Waals surface area contributed by atoms with E-state index >= 15 is 0 Å². The molecule has 23 heavy (non-hydrogen) atoms. The van der Waals surface area contributed by atoms with Crippen molar-refractivity contribution in [3.8, 4) is 0 Å². The van der Waals surface area contributed by atoms with Gasteiger partial charge < -0.3 is 4.90 Å². The van der Waals surface area contributed by atoms with Crippen LogP contribution in [0.4, 0.5) is 0 Å². The molecule has 2 amide bonds. The molecule has 2 aliphatic rings. The van der Waals surface area contributed by atoms with E-state index in [9.17, 15) is 9.59 Å². The van der Waals surface area contributed by atoms with Gasteiger partial charge in [-0.05, 0) is 18.8 Å². The summed E-state index contributed by atoms with van der Waals surface area (Å²) in [7, 11) is 0. The smallest absolute Gasteiger partial charge is 0.240 e. The predicted octanol–water partition coefficient (Wildman–Crippen LogP) is 1.46. The van der Waals surface area contributed by atoms with Crippen LogP contribution in [0.1, 0.15) is 62.4 Å². The Labute approximate surface area is 135 Å². The summed E-state index contributed by atoms with van der Waals surface area (Å²) >= 11 is 0. The molecule has 0 unspecified atom stereocenters. The highest BCUT2D eigenvalue weighted by atomic mass is 16.2. The van der Waals surface area contributed by atoms with Crippen LogP contribution in [-0.2, 0) is 22.6 Å². The van der Waals surface area contributed by atoms with Crippen molar-refractivity contribution in [3.63, 3.8) is 0 Å². The summed E-state index contributed by atoms with van der Waals surface area (Å²) < 4.78 is 0. The molecule has 0 aliphatic carbocycles. The van der Waals surface area contributed by atoms with E-state index in [1.54, 1.807) is 0 Å². The monoisotopic (exact) mass is 317 g/mol. The number of carbonyl (C=O) groups is 2. The number of hydrogen-bond donors (Lipinski definition) is 2. The van der Waals surface area contributed by atoms with Gasteiger partial charge in [0.1, 0.15) is 0 Å². The molecular weight excluding hydrogens is 294 g/mol. The van der Waals surface area contributed by atoms with Gasteiger partial charge in [-0.2, -0.15) is 10.2 Å². The van der Waals surface area contributed by atoms with Crippen LogP contribution in [0.15, 0.2) is 5.10 Å². The normalized spacial score (nSPS) is 17.8. The lowest BCUT2D eigenvalue weighted by Crippen LogP contribution is -2.36. The molecule has 0 saturated heterocycles. The van der Waals surface area contributed by atoms with Crippen LogP contribution in [0.25, 0.3) is 0 Å². The summed E-state index contributed by atoms with van der Waals surface area (Å²) in [4.78, 5) is 25.4. The molecule has 0 spiro atoms. The van der Waals surface area contributed by atoms with E-state index in [2.05, 4.69) is 34.6 Å². The maximum atomic E-state index is 12.5. The molecule has 0 saturated carbocycles. The number of hydrogen-bond acceptors (Lipinski definition) is 4. The summed E-state index contributed by atoms with van der Waals surface area (Å²) in [5.74, 6) is 0.446. The van der Waals surface area contributed by atoms with Crippen LogP contribution in [0, 0.1) is 0 Å². The zero-order chi connectivity index (χ0) is 16.4. The maximum absolute atomic E-state index is 12.5. The molecule has 0 aromatic carbocycles. The second kappa shape index (κ2) is 6.52. The molecule has 7 nitrogen and oxygen atoms in total. The summed E-state index contributed by atoms with van der Waals surface area (Å²) in [5.41, 5.74) is 6.79. The first-order chi connectivity index (χ1) is 11.0. The highest BCUT2D eigenvalue weighted by molar-refractivity contribution is 5.94. The van der Waals surface area contributed by atoms with E-state index in [1.165, 1.54) is 5.56 Å². The number of aromatic nitrogens is 2. The predicted molar refractivity (Wildman–Crippen MR) is 85.8 cm³/mol. The number of aromatic amines is 1. The number of carbonyl (C=O) groups excluding carboxylic acids is 2. The van der Waals surface area contributed by atoms with Gasteiger partial charge in [0.15, 0.2) is 0 Å². The average Bonchev–Trinajstić information content (AvgIpc) is 2.97. The van der Waals surface area contributed by atoms with Crippen molar-refractivity contribution in [1.29, 1.82) is 0 Å². The Morgan fingerprint density at radius 3 is 2.83 bits per heavy atom. The molecule has 3 heterocycles. The molecule has 0 atom stereocenters. The van der Waals surface area contributed by atoms with Crippen LogP contribution >= 0.6 is 0 Å². The summed E-state index contributed by atoms with van der Waals surface area (Å²) in [6, 6.07) is 0. The Morgan fingerprint density at radius 2 is 2.13 bits per heavy atom. The fourth-order valence-corrected chi connectivity index (χ4v) is 3.11. The molecule has 0 bridgehead atoms. The Balaban J connectivity index is 1.58. The zero-order valence-corrected chi connectivity index (χ0v) is 13.7. The van der Waals surface area contributed by atoms with Crippen LogP contribution in [-0.4, -0.2) is 39.2 Å². The standard InChI is InChI=1S/C16H23N5O2/c1-10(2)16-12-9-21(8-7-13(12)18-20-16)15(23)6-4-11-3-5-14(22)19-17-11/h10H,3-9H2,1-2H3,(H,18,20)(H,19,22). The van der Waals surface area contributed by atoms with E-state index in [0.717, 1.165) is 30.1 Å². The molecule has 0 radical (unpaired) electrons. The lowest BCUT2D eigenvalue weighted by Gasteiger charge is -2.28. The van der Waals surface area contributed by atoms with Gasteiger partial charge in [-0.15, -0.1) is 0 Å². The van der Waals surface area contributed by atoms with Gasteiger partial charge in [-0.1, -0.05) is 13.8 Å². The van der Waals surface area contributed by atoms with Gasteiger partial charge in [0.2, 0.25) is 11.8 Å². The van der Waals surface area contributed by atoms with E-state index in [4.69, 9.17) is 0 Å². The Morgan fingerprint density at radius 1 is 1.30 bits per heavy atom. The summed E-state index contributed by atoms with van der Waals surface area (Å²) in [5, 5.41) is 11.5. The van der Waals surface area contributed by atoms with Crippen molar-refractivity contribution in [2.75, 3.05) is 6.54 Å². The Bertz CT molecular complexity index is 647. The van der Waals surface area contributed by atoms with Crippen LogP contribution in [0.2, 0.25) is 0 Å². The average molecular weight is 317 g/mol. The number of amides is 2. The first-order valence-electron chi connectivity index (χ1n) is 8.22. The third-order valence-electron chi connectivity index (χ3n) is 4.47. The van der Waals surface area contributed by atoms with Gasteiger partial charge in [-0.25, -0.2) is 5.43 Å². The third-order valence-corrected chi connectivity index (χ3v) is 4.47. The molecule has 7 heteroatoms. The number of H-pyrrole nitrogens is 1. The topological polar surface area (TPSA) is 90.4 Å².